The third kappa shape index (κ3) is 4.02. The molecule has 4 nitrogen and oxygen atoms in total. The van der Waals surface area contributed by atoms with Gasteiger partial charge in [0.25, 0.3) is 0 Å². The van der Waals surface area contributed by atoms with Crippen molar-refractivity contribution in [1.82, 2.24) is 4.90 Å². The Morgan fingerprint density at radius 2 is 2.24 bits per heavy atom. The Morgan fingerprint density at radius 1 is 1.48 bits per heavy atom. The van der Waals surface area contributed by atoms with Crippen molar-refractivity contribution in [3.63, 3.8) is 0 Å². The first-order valence-electron chi connectivity index (χ1n) is 7.24. The molecule has 0 heterocycles. The number of aliphatic hydroxyl groups is 1. The topological polar surface area (TPSA) is 49.8 Å². The number of rotatable bonds is 5. The third-order valence-electron chi connectivity index (χ3n) is 4.08. The van der Waals surface area contributed by atoms with Crippen LogP contribution >= 0.6 is 0 Å². The van der Waals surface area contributed by atoms with E-state index in [0.29, 0.717) is 12.1 Å². The summed E-state index contributed by atoms with van der Waals surface area (Å²) in [6.07, 6.45) is 2.71. The van der Waals surface area contributed by atoms with Gasteiger partial charge in [0.1, 0.15) is 5.82 Å². The number of hydrogen-bond acceptors (Lipinski definition) is 4. The molecule has 1 aliphatic rings. The van der Waals surface area contributed by atoms with Crippen molar-refractivity contribution >= 4 is 5.97 Å². The zero-order valence-corrected chi connectivity index (χ0v) is 12.5. The summed E-state index contributed by atoms with van der Waals surface area (Å²) in [6, 6.07) is 4.39. The molecule has 0 amide bonds. The van der Waals surface area contributed by atoms with Crippen LogP contribution in [-0.2, 0) is 11.3 Å². The number of esters is 1. The number of halogens is 1. The lowest BCUT2D eigenvalue weighted by Crippen LogP contribution is -2.29. The van der Waals surface area contributed by atoms with Crippen LogP contribution in [0.15, 0.2) is 18.2 Å². The summed E-state index contributed by atoms with van der Waals surface area (Å²) in [4.78, 5) is 13.3. The smallest absolute Gasteiger partial charge is 0.337 e. The lowest BCUT2D eigenvalue weighted by molar-refractivity contribution is 0.0600. The van der Waals surface area contributed by atoms with Gasteiger partial charge < -0.3 is 14.7 Å². The number of methoxy groups -OCH3 is 1. The molecule has 1 saturated carbocycles. The predicted molar refractivity (Wildman–Crippen MR) is 77.4 cm³/mol. The van der Waals surface area contributed by atoms with Gasteiger partial charge >= 0.3 is 5.97 Å². The summed E-state index contributed by atoms with van der Waals surface area (Å²) in [6.45, 7) is 1.20. The summed E-state index contributed by atoms with van der Waals surface area (Å²) < 4.78 is 18.6. The van der Waals surface area contributed by atoms with Crippen molar-refractivity contribution in [3.05, 3.63) is 35.1 Å². The average molecular weight is 295 g/mol. The first-order chi connectivity index (χ1) is 10.0. The molecule has 0 bridgehead atoms. The molecule has 1 aliphatic carbocycles. The van der Waals surface area contributed by atoms with Crippen molar-refractivity contribution < 1.29 is 19.0 Å². The number of carbonyl (C=O) groups is 1. The largest absolute Gasteiger partial charge is 0.465 e. The van der Waals surface area contributed by atoms with E-state index in [2.05, 4.69) is 4.74 Å². The minimum absolute atomic E-state index is 0.215. The Morgan fingerprint density at radius 3 is 2.81 bits per heavy atom. The molecule has 1 aromatic rings. The molecule has 2 rings (SSSR count). The molecule has 0 spiro atoms. The SMILES string of the molecule is COC(=O)c1ccc(CN(C)CC2CCCC2O)c(F)c1. The first-order valence-corrected chi connectivity index (χ1v) is 7.24. The van der Waals surface area contributed by atoms with E-state index >= 15 is 0 Å². The molecule has 116 valence electrons. The maximum absolute atomic E-state index is 14.0. The Hall–Kier alpha value is -1.46. The molecule has 0 radical (unpaired) electrons. The number of ether oxygens (including phenoxy) is 1. The van der Waals surface area contributed by atoms with E-state index in [-0.39, 0.29) is 17.6 Å². The van der Waals surface area contributed by atoms with Crippen LogP contribution in [0.3, 0.4) is 0 Å². The van der Waals surface area contributed by atoms with E-state index < -0.39 is 11.8 Å². The van der Waals surface area contributed by atoms with Gasteiger partial charge in [-0.3, -0.25) is 0 Å². The van der Waals surface area contributed by atoms with Crippen LogP contribution in [0.25, 0.3) is 0 Å². The Bertz CT molecular complexity index is 506. The Kier molecular flexibility index (Phi) is 5.31. The van der Waals surface area contributed by atoms with E-state index in [1.165, 1.54) is 13.2 Å². The highest BCUT2D eigenvalue weighted by Gasteiger charge is 2.26. The molecule has 21 heavy (non-hydrogen) atoms. The van der Waals surface area contributed by atoms with Crippen molar-refractivity contribution in [3.8, 4) is 0 Å². The van der Waals surface area contributed by atoms with Gasteiger partial charge in [-0.25, -0.2) is 9.18 Å². The maximum atomic E-state index is 14.0. The van der Waals surface area contributed by atoms with Gasteiger partial charge in [-0.15, -0.1) is 0 Å². The molecule has 2 unspecified atom stereocenters. The molecule has 0 aromatic heterocycles. The zero-order valence-electron chi connectivity index (χ0n) is 12.5. The Labute approximate surface area is 124 Å². The summed E-state index contributed by atoms with van der Waals surface area (Å²) in [5.41, 5.74) is 0.755. The number of aliphatic hydroxyl groups excluding tert-OH is 1. The van der Waals surface area contributed by atoms with Gasteiger partial charge in [0.15, 0.2) is 0 Å². The van der Waals surface area contributed by atoms with Crippen LogP contribution in [0.4, 0.5) is 4.39 Å². The van der Waals surface area contributed by atoms with Gasteiger partial charge in [0, 0.05) is 18.7 Å². The normalized spacial score (nSPS) is 21.8. The van der Waals surface area contributed by atoms with Gasteiger partial charge in [-0.1, -0.05) is 12.5 Å². The van der Waals surface area contributed by atoms with Crippen molar-refractivity contribution in [2.45, 2.75) is 31.9 Å². The van der Waals surface area contributed by atoms with Crippen LogP contribution in [0.2, 0.25) is 0 Å². The summed E-state index contributed by atoms with van der Waals surface area (Å²) >= 11 is 0. The van der Waals surface area contributed by atoms with Crippen LogP contribution in [0, 0.1) is 11.7 Å². The second-order valence-corrected chi connectivity index (χ2v) is 5.75. The van der Waals surface area contributed by atoms with E-state index in [0.717, 1.165) is 25.8 Å². The van der Waals surface area contributed by atoms with Crippen molar-refractivity contribution in [1.29, 1.82) is 0 Å². The number of hydrogen-bond donors (Lipinski definition) is 1. The van der Waals surface area contributed by atoms with Crippen LogP contribution < -0.4 is 0 Å². The van der Waals surface area contributed by atoms with Gasteiger partial charge in [-0.2, -0.15) is 0 Å². The highest BCUT2D eigenvalue weighted by atomic mass is 19.1. The number of carbonyl (C=O) groups excluding carboxylic acids is 1. The summed E-state index contributed by atoms with van der Waals surface area (Å²) in [5, 5.41) is 9.83. The van der Waals surface area contributed by atoms with E-state index in [1.54, 1.807) is 12.1 Å². The van der Waals surface area contributed by atoms with E-state index in [1.807, 2.05) is 11.9 Å². The third-order valence-corrected chi connectivity index (χ3v) is 4.08. The van der Waals surface area contributed by atoms with Gasteiger partial charge in [0.2, 0.25) is 0 Å². The lowest BCUT2D eigenvalue weighted by atomic mass is 10.0. The second kappa shape index (κ2) is 7.00. The fourth-order valence-corrected chi connectivity index (χ4v) is 2.91. The monoisotopic (exact) mass is 295 g/mol. The molecule has 0 saturated heterocycles. The van der Waals surface area contributed by atoms with Crippen LogP contribution in [0.5, 0.6) is 0 Å². The highest BCUT2D eigenvalue weighted by molar-refractivity contribution is 5.89. The molecule has 1 fully saturated rings. The minimum atomic E-state index is -0.539. The lowest BCUT2D eigenvalue weighted by Gasteiger charge is -2.23. The minimum Gasteiger partial charge on any atom is -0.465 e. The molecule has 1 N–H and O–H groups in total. The average Bonchev–Trinajstić information content (AvgIpc) is 2.85. The molecule has 2 atom stereocenters. The molecule has 0 aliphatic heterocycles. The first kappa shape index (κ1) is 15.9. The van der Waals surface area contributed by atoms with E-state index in [4.69, 9.17) is 0 Å². The molecular formula is C16H22FNO3. The highest BCUT2D eigenvalue weighted by Crippen LogP contribution is 2.26. The maximum Gasteiger partial charge on any atom is 0.337 e. The molecular weight excluding hydrogens is 273 g/mol. The number of benzene rings is 1. The van der Waals surface area contributed by atoms with E-state index in [9.17, 15) is 14.3 Å². The van der Waals surface area contributed by atoms with Crippen molar-refractivity contribution in [2.24, 2.45) is 5.92 Å². The van der Waals surface area contributed by atoms with Crippen molar-refractivity contribution in [2.75, 3.05) is 20.7 Å². The second-order valence-electron chi connectivity index (χ2n) is 5.75. The zero-order chi connectivity index (χ0) is 15.4. The molecule has 1 aromatic carbocycles. The van der Waals surface area contributed by atoms with Crippen LogP contribution in [0.1, 0.15) is 35.2 Å². The standard InChI is InChI=1S/C16H22FNO3/c1-18(10-13-4-3-5-15(13)19)9-12-7-6-11(8-14(12)17)16(20)21-2/h6-8,13,15,19H,3-5,9-10H2,1-2H3. The van der Waals surface area contributed by atoms with Gasteiger partial charge in [0.05, 0.1) is 18.8 Å². The Balaban J connectivity index is 1.97. The molecule has 5 heteroatoms. The van der Waals surface area contributed by atoms with Crippen LogP contribution in [-0.4, -0.2) is 42.8 Å². The summed E-state index contributed by atoms with van der Waals surface area (Å²) in [5.74, 6) is -0.674. The fourth-order valence-electron chi connectivity index (χ4n) is 2.91. The number of nitrogens with zero attached hydrogens (tertiary/aromatic N) is 1. The summed E-state index contributed by atoms with van der Waals surface area (Å²) in [7, 11) is 3.19. The quantitative estimate of drug-likeness (QED) is 0.846. The fraction of sp³-hybridized carbons (Fsp3) is 0.562. The van der Waals surface area contributed by atoms with Gasteiger partial charge in [-0.05, 0) is 37.9 Å². The predicted octanol–water partition coefficient (Wildman–Crippen LogP) is 2.21.